The lowest BCUT2D eigenvalue weighted by Crippen LogP contribution is -2.46. The zero-order chi connectivity index (χ0) is 16.4. The van der Waals surface area contributed by atoms with Gasteiger partial charge in [-0.3, -0.25) is 4.90 Å². The van der Waals surface area contributed by atoms with Crippen molar-refractivity contribution in [3.8, 4) is 11.4 Å². The van der Waals surface area contributed by atoms with Crippen LogP contribution in [0.15, 0.2) is 28.8 Å². The largest absolute Gasteiger partial charge is 0.338 e. The van der Waals surface area contributed by atoms with Crippen LogP contribution in [-0.4, -0.2) is 52.7 Å². The summed E-state index contributed by atoms with van der Waals surface area (Å²) >= 11 is 0. The third-order valence-electron chi connectivity index (χ3n) is 4.97. The van der Waals surface area contributed by atoms with Crippen LogP contribution in [0.3, 0.4) is 0 Å². The molecule has 5 heteroatoms. The Morgan fingerprint density at radius 2 is 2.04 bits per heavy atom. The first-order valence-electron chi connectivity index (χ1n) is 8.33. The Labute approximate surface area is 138 Å². The smallest absolute Gasteiger partial charge is 0.241 e. The molecule has 2 aromatic rings. The van der Waals surface area contributed by atoms with E-state index in [4.69, 9.17) is 4.52 Å². The van der Waals surface area contributed by atoms with Crippen LogP contribution in [-0.2, 0) is 6.54 Å². The molecule has 0 saturated carbocycles. The van der Waals surface area contributed by atoms with Crippen molar-refractivity contribution in [2.75, 3.05) is 20.6 Å². The Balaban J connectivity index is 1.63. The molecule has 0 spiro atoms. The van der Waals surface area contributed by atoms with Gasteiger partial charge in [-0.25, -0.2) is 0 Å². The molecular formula is C18H26N4O. The molecule has 0 N–H and O–H groups in total. The quantitative estimate of drug-likeness (QED) is 0.868. The molecule has 2 heterocycles. The van der Waals surface area contributed by atoms with E-state index >= 15 is 0 Å². The van der Waals surface area contributed by atoms with Crippen molar-refractivity contribution in [2.24, 2.45) is 0 Å². The van der Waals surface area contributed by atoms with Gasteiger partial charge in [-0.1, -0.05) is 35.0 Å². The number of likely N-dealkylation sites (tertiary alicyclic amines) is 1. The number of rotatable bonds is 4. The number of nitrogens with zero attached hydrogens (tertiary/aromatic N) is 4. The highest BCUT2D eigenvalue weighted by molar-refractivity contribution is 5.54. The lowest BCUT2D eigenvalue weighted by atomic mass is 9.98. The van der Waals surface area contributed by atoms with Crippen molar-refractivity contribution >= 4 is 0 Å². The Morgan fingerprint density at radius 1 is 1.30 bits per heavy atom. The van der Waals surface area contributed by atoms with Gasteiger partial charge in [0.25, 0.3) is 0 Å². The van der Waals surface area contributed by atoms with Crippen molar-refractivity contribution in [3.05, 3.63) is 35.7 Å². The van der Waals surface area contributed by atoms with Crippen molar-refractivity contribution in [2.45, 2.75) is 45.3 Å². The summed E-state index contributed by atoms with van der Waals surface area (Å²) < 4.78 is 5.45. The van der Waals surface area contributed by atoms with Gasteiger partial charge >= 0.3 is 0 Å². The zero-order valence-corrected chi connectivity index (χ0v) is 14.5. The van der Waals surface area contributed by atoms with Crippen molar-refractivity contribution in [3.63, 3.8) is 0 Å². The van der Waals surface area contributed by atoms with Gasteiger partial charge in [-0.05, 0) is 47.3 Å². The second-order valence-electron chi connectivity index (χ2n) is 6.80. The molecule has 2 atom stereocenters. The van der Waals surface area contributed by atoms with E-state index in [2.05, 4.69) is 60.0 Å². The second-order valence-corrected chi connectivity index (χ2v) is 6.80. The highest BCUT2D eigenvalue weighted by atomic mass is 16.5. The average Bonchev–Trinajstić information content (AvgIpc) is 2.99. The number of aromatic nitrogens is 2. The number of hydrogen-bond donors (Lipinski definition) is 0. The number of hydrogen-bond acceptors (Lipinski definition) is 5. The van der Waals surface area contributed by atoms with Crippen LogP contribution in [0.4, 0.5) is 0 Å². The van der Waals surface area contributed by atoms with Crippen LogP contribution < -0.4 is 0 Å². The SMILES string of the molecule is Cc1ccc(-c2noc(CN(C)[C@H]3CCN(C)[C@H](C)C3)n2)cc1. The Bertz CT molecular complexity index is 637. The Morgan fingerprint density at radius 3 is 2.74 bits per heavy atom. The maximum absolute atomic E-state index is 5.45. The molecule has 0 amide bonds. The highest BCUT2D eigenvalue weighted by Crippen LogP contribution is 2.22. The van der Waals surface area contributed by atoms with Gasteiger partial charge in [0.05, 0.1) is 6.54 Å². The summed E-state index contributed by atoms with van der Waals surface area (Å²) in [6.07, 6.45) is 2.38. The molecular weight excluding hydrogens is 288 g/mol. The van der Waals surface area contributed by atoms with Gasteiger partial charge in [-0.2, -0.15) is 4.98 Å². The first-order valence-corrected chi connectivity index (χ1v) is 8.33. The molecule has 23 heavy (non-hydrogen) atoms. The minimum Gasteiger partial charge on any atom is -0.338 e. The van der Waals surface area contributed by atoms with Crippen LogP contribution in [0.25, 0.3) is 11.4 Å². The van der Waals surface area contributed by atoms with Gasteiger partial charge in [0, 0.05) is 17.6 Å². The summed E-state index contributed by atoms with van der Waals surface area (Å²) in [5, 5.41) is 4.12. The molecule has 1 aliphatic heterocycles. The van der Waals surface area contributed by atoms with E-state index in [1.807, 2.05) is 12.1 Å². The third kappa shape index (κ3) is 3.79. The summed E-state index contributed by atoms with van der Waals surface area (Å²) in [4.78, 5) is 9.32. The first-order chi connectivity index (χ1) is 11.0. The summed E-state index contributed by atoms with van der Waals surface area (Å²) in [6, 6.07) is 9.41. The van der Waals surface area contributed by atoms with Crippen LogP contribution >= 0.6 is 0 Å². The van der Waals surface area contributed by atoms with E-state index in [-0.39, 0.29) is 0 Å². The van der Waals surface area contributed by atoms with Gasteiger partial charge in [0.2, 0.25) is 11.7 Å². The summed E-state index contributed by atoms with van der Waals surface area (Å²) in [5.41, 5.74) is 2.23. The number of piperidine rings is 1. The van der Waals surface area contributed by atoms with Crippen molar-refractivity contribution in [1.29, 1.82) is 0 Å². The van der Waals surface area contributed by atoms with E-state index in [1.165, 1.54) is 18.4 Å². The van der Waals surface area contributed by atoms with Crippen molar-refractivity contribution in [1.82, 2.24) is 19.9 Å². The average molecular weight is 314 g/mol. The van der Waals surface area contributed by atoms with Crippen LogP contribution in [0.2, 0.25) is 0 Å². The topological polar surface area (TPSA) is 45.4 Å². The van der Waals surface area contributed by atoms with Gasteiger partial charge in [0.15, 0.2) is 0 Å². The van der Waals surface area contributed by atoms with Gasteiger partial charge in [0.1, 0.15) is 0 Å². The maximum atomic E-state index is 5.45. The number of benzene rings is 1. The molecule has 1 fully saturated rings. The lowest BCUT2D eigenvalue weighted by Gasteiger charge is -2.38. The van der Waals surface area contributed by atoms with Crippen molar-refractivity contribution < 1.29 is 4.52 Å². The molecule has 0 bridgehead atoms. The minimum atomic E-state index is 0.580. The normalized spacial score (nSPS) is 22.7. The molecule has 3 rings (SSSR count). The van der Waals surface area contributed by atoms with Crippen LogP contribution in [0.1, 0.15) is 31.2 Å². The zero-order valence-electron chi connectivity index (χ0n) is 14.5. The Hall–Kier alpha value is -1.72. The fourth-order valence-electron chi connectivity index (χ4n) is 3.15. The fraction of sp³-hybridized carbons (Fsp3) is 0.556. The fourth-order valence-corrected chi connectivity index (χ4v) is 3.15. The third-order valence-corrected chi connectivity index (χ3v) is 4.97. The summed E-state index contributed by atoms with van der Waals surface area (Å²) in [5.74, 6) is 1.36. The van der Waals surface area contributed by atoms with E-state index in [0.717, 1.165) is 12.1 Å². The van der Waals surface area contributed by atoms with E-state index in [1.54, 1.807) is 0 Å². The minimum absolute atomic E-state index is 0.580. The predicted molar refractivity (Wildman–Crippen MR) is 91.1 cm³/mol. The first kappa shape index (κ1) is 16.1. The second kappa shape index (κ2) is 6.81. The molecule has 124 valence electrons. The van der Waals surface area contributed by atoms with Gasteiger partial charge < -0.3 is 9.42 Å². The molecule has 1 aliphatic rings. The molecule has 5 nitrogen and oxygen atoms in total. The molecule has 1 saturated heterocycles. The standard InChI is InChI=1S/C18H26N4O/c1-13-5-7-15(8-6-13)18-19-17(23-20-18)12-22(4)16-9-10-21(3)14(2)11-16/h5-8,14,16H,9-12H2,1-4H3/t14-,16+/m1/s1. The molecule has 0 aliphatic carbocycles. The molecule has 0 unspecified atom stereocenters. The lowest BCUT2D eigenvalue weighted by molar-refractivity contribution is 0.0938. The molecule has 1 aromatic heterocycles. The Kier molecular flexibility index (Phi) is 4.78. The summed E-state index contributed by atoms with van der Waals surface area (Å²) in [6.45, 7) is 6.22. The predicted octanol–water partition coefficient (Wildman–Crippen LogP) is 2.96. The van der Waals surface area contributed by atoms with E-state index in [0.29, 0.717) is 30.3 Å². The van der Waals surface area contributed by atoms with Crippen LogP contribution in [0.5, 0.6) is 0 Å². The number of aryl methyl sites for hydroxylation is 1. The van der Waals surface area contributed by atoms with Gasteiger partial charge in [-0.15, -0.1) is 0 Å². The monoisotopic (exact) mass is 314 g/mol. The van der Waals surface area contributed by atoms with Crippen LogP contribution in [0, 0.1) is 6.92 Å². The van der Waals surface area contributed by atoms with E-state index < -0.39 is 0 Å². The molecule has 0 radical (unpaired) electrons. The maximum Gasteiger partial charge on any atom is 0.241 e. The van der Waals surface area contributed by atoms with E-state index in [9.17, 15) is 0 Å². The highest BCUT2D eigenvalue weighted by Gasteiger charge is 2.26. The molecule has 1 aromatic carbocycles. The summed E-state index contributed by atoms with van der Waals surface area (Å²) in [7, 11) is 4.35.